The fourth-order valence-electron chi connectivity index (χ4n) is 1.86. The summed E-state index contributed by atoms with van der Waals surface area (Å²) in [5, 5.41) is 3.84. The molecule has 4 nitrogen and oxygen atoms in total. The minimum atomic E-state index is -0.355. The molecule has 1 atom stereocenters. The van der Waals surface area contributed by atoms with Crippen molar-refractivity contribution in [3.8, 4) is 0 Å². The number of cyclic esters (lactones) is 1. The van der Waals surface area contributed by atoms with Crippen molar-refractivity contribution in [1.82, 2.24) is 10.3 Å². The Morgan fingerprint density at radius 3 is 3.12 bits per heavy atom. The third kappa shape index (κ3) is 1.48. The number of aromatic nitrogens is 1. The lowest BCUT2D eigenvalue weighted by atomic mass is 10.1. The van der Waals surface area contributed by atoms with Gasteiger partial charge in [0.1, 0.15) is 6.61 Å². The lowest BCUT2D eigenvalue weighted by Crippen LogP contribution is -2.18. The zero-order valence-corrected chi connectivity index (χ0v) is 8.51. The molecule has 1 amide bonds. The molecule has 0 saturated carbocycles. The van der Waals surface area contributed by atoms with Gasteiger partial charge in [-0.1, -0.05) is 18.2 Å². The van der Waals surface area contributed by atoms with Crippen LogP contribution in [0.4, 0.5) is 4.79 Å². The smallest absolute Gasteiger partial charge is 0.407 e. The maximum absolute atomic E-state index is 10.9. The van der Waals surface area contributed by atoms with Gasteiger partial charge in [0.2, 0.25) is 0 Å². The zero-order valence-electron chi connectivity index (χ0n) is 8.51. The van der Waals surface area contributed by atoms with Gasteiger partial charge in [0.25, 0.3) is 0 Å². The van der Waals surface area contributed by atoms with E-state index in [2.05, 4.69) is 10.3 Å². The number of carbonyl (C=O) groups excluding carboxylic acids is 1. The summed E-state index contributed by atoms with van der Waals surface area (Å²) in [6.07, 6.45) is 1.40. The highest BCUT2D eigenvalue weighted by atomic mass is 16.6. The lowest BCUT2D eigenvalue weighted by Gasteiger charge is -2.08. The number of benzene rings is 1. The van der Waals surface area contributed by atoms with Crippen LogP contribution >= 0.6 is 0 Å². The van der Waals surface area contributed by atoms with E-state index in [-0.39, 0.29) is 12.1 Å². The summed E-state index contributed by atoms with van der Waals surface area (Å²) in [4.78, 5) is 15.2. The summed E-state index contributed by atoms with van der Waals surface area (Å²) in [6.45, 7) is 0.386. The number of ether oxygens (including phenoxy) is 1. The summed E-state index contributed by atoms with van der Waals surface area (Å²) < 4.78 is 4.86. The Morgan fingerprint density at radius 1 is 1.38 bits per heavy atom. The molecule has 0 aliphatic carbocycles. The van der Waals surface area contributed by atoms with Gasteiger partial charge in [0.15, 0.2) is 0 Å². The van der Waals surface area contributed by atoms with Crippen LogP contribution < -0.4 is 5.32 Å². The van der Waals surface area contributed by atoms with Gasteiger partial charge in [-0.15, -0.1) is 0 Å². The van der Waals surface area contributed by atoms with Gasteiger partial charge in [0, 0.05) is 11.6 Å². The number of pyridine rings is 1. The first-order valence-corrected chi connectivity index (χ1v) is 5.11. The van der Waals surface area contributed by atoms with E-state index in [0.29, 0.717) is 6.61 Å². The Labute approximate surface area is 92.2 Å². The SMILES string of the molecule is O=C1NC(c2ccc3cccnc3c2)CO1. The Hall–Kier alpha value is -2.10. The summed E-state index contributed by atoms with van der Waals surface area (Å²) in [5.74, 6) is 0. The monoisotopic (exact) mass is 214 g/mol. The van der Waals surface area contributed by atoms with E-state index >= 15 is 0 Å². The van der Waals surface area contributed by atoms with Crippen LogP contribution in [0.15, 0.2) is 36.5 Å². The first-order chi connectivity index (χ1) is 7.83. The van der Waals surface area contributed by atoms with E-state index in [1.165, 1.54) is 0 Å². The highest BCUT2D eigenvalue weighted by molar-refractivity contribution is 5.79. The van der Waals surface area contributed by atoms with Gasteiger partial charge in [-0.2, -0.15) is 0 Å². The van der Waals surface area contributed by atoms with Crippen molar-refractivity contribution in [2.24, 2.45) is 0 Å². The molecule has 1 unspecified atom stereocenters. The number of carbonyl (C=O) groups is 1. The summed E-state index contributed by atoms with van der Waals surface area (Å²) >= 11 is 0. The Bertz CT molecular complexity index is 553. The van der Waals surface area contributed by atoms with Gasteiger partial charge < -0.3 is 10.1 Å². The van der Waals surface area contributed by atoms with Crippen LogP contribution in [-0.2, 0) is 4.74 Å². The number of hydrogen-bond donors (Lipinski definition) is 1. The first-order valence-electron chi connectivity index (χ1n) is 5.11. The van der Waals surface area contributed by atoms with Crippen molar-refractivity contribution >= 4 is 17.0 Å². The third-order valence-corrected chi connectivity index (χ3v) is 2.71. The highest BCUT2D eigenvalue weighted by Gasteiger charge is 2.23. The van der Waals surface area contributed by atoms with Gasteiger partial charge in [-0.3, -0.25) is 4.98 Å². The Balaban J connectivity index is 2.02. The fraction of sp³-hybridized carbons (Fsp3) is 0.167. The highest BCUT2D eigenvalue weighted by Crippen LogP contribution is 2.21. The second-order valence-corrected chi connectivity index (χ2v) is 3.75. The molecule has 16 heavy (non-hydrogen) atoms. The Kier molecular flexibility index (Phi) is 1.99. The average molecular weight is 214 g/mol. The molecule has 1 saturated heterocycles. The number of amides is 1. The average Bonchev–Trinajstić information content (AvgIpc) is 2.75. The van der Waals surface area contributed by atoms with Crippen LogP contribution in [0.5, 0.6) is 0 Å². The molecule has 2 heterocycles. The third-order valence-electron chi connectivity index (χ3n) is 2.71. The predicted molar refractivity (Wildman–Crippen MR) is 59.0 cm³/mol. The van der Waals surface area contributed by atoms with Gasteiger partial charge in [-0.25, -0.2) is 4.79 Å². The van der Waals surface area contributed by atoms with Crippen LogP contribution in [0.2, 0.25) is 0 Å². The van der Waals surface area contributed by atoms with Gasteiger partial charge in [-0.05, 0) is 17.7 Å². The molecule has 3 rings (SSSR count). The maximum atomic E-state index is 10.9. The van der Waals surface area contributed by atoms with Crippen LogP contribution in [0.1, 0.15) is 11.6 Å². The van der Waals surface area contributed by atoms with Gasteiger partial charge >= 0.3 is 6.09 Å². The lowest BCUT2D eigenvalue weighted by molar-refractivity contribution is 0.177. The number of nitrogens with one attached hydrogen (secondary N) is 1. The molecule has 1 N–H and O–H groups in total. The molecular formula is C12H10N2O2. The van der Waals surface area contributed by atoms with Crippen LogP contribution in [0, 0.1) is 0 Å². The van der Waals surface area contributed by atoms with Gasteiger partial charge in [0.05, 0.1) is 11.6 Å². The minimum absolute atomic E-state index is 0.0566. The van der Waals surface area contributed by atoms with E-state index in [4.69, 9.17) is 4.74 Å². The zero-order chi connectivity index (χ0) is 11.0. The standard InChI is InChI=1S/C12H10N2O2/c15-12-14-11(7-16-12)9-4-3-8-2-1-5-13-10(8)6-9/h1-6,11H,7H2,(H,14,15). The number of fused-ring (bicyclic) bond motifs is 1. The molecule has 1 aromatic carbocycles. The molecule has 0 bridgehead atoms. The normalized spacial score (nSPS) is 19.5. The van der Waals surface area contributed by atoms with E-state index in [1.807, 2.05) is 30.3 Å². The molecule has 0 radical (unpaired) electrons. The summed E-state index contributed by atoms with van der Waals surface area (Å²) in [5.41, 5.74) is 1.96. The summed E-state index contributed by atoms with van der Waals surface area (Å²) in [7, 11) is 0. The Morgan fingerprint density at radius 2 is 2.31 bits per heavy atom. The van der Waals surface area contributed by atoms with Crippen LogP contribution in [-0.4, -0.2) is 17.7 Å². The second kappa shape index (κ2) is 3.48. The molecule has 4 heteroatoms. The van der Waals surface area contributed by atoms with Crippen LogP contribution in [0.3, 0.4) is 0 Å². The summed E-state index contributed by atoms with van der Waals surface area (Å²) in [6, 6.07) is 9.83. The molecule has 2 aromatic rings. The second-order valence-electron chi connectivity index (χ2n) is 3.75. The van der Waals surface area contributed by atoms with Crippen molar-refractivity contribution < 1.29 is 9.53 Å². The largest absolute Gasteiger partial charge is 0.447 e. The fourth-order valence-corrected chi connectivity index (χ4v) is 1.86. The molecule has 1 fully saturated rings. The number of alkyl carbamates (subject to hydrolysis) is 1. The van der Waals surface area contributed by atoms with E-state index in [1.54, 1.807) is 6.20 Å². The predicted octanol–water partition coefficient (Wildman–Crippen LogP) is 2.02. The number of rotatable bonds is 1. The van der Waals surface area contributed by atoms with E-state index in [0.717, 1.165) is 16.5 Å². The van der Waals surface area contributed by atoms with E-state index < -0.39 is 0 Å². The molecule has 1 aromatic heterocycles. The molecule has 0 spiro atoms. The maximum Gasteiger partial charge on any atom is 0.407 e. The molecule has 80 valence electrons. The van der Waals surface area contributed by atoms with Crippen molar-refractivity contribution in [2.45, 2.75) is 6.04 Å². The van der Waals surface area contributed by atoms with Crippen LogP contribution in [0.25, 0.3) is 10.9 Å². The van der Waals surface area contributed by atoms with E-state index in [9.17, 15) is 4.79 Å². The van der Waals surface area contributed by atoms with Crippen molar-refractivity contribution in [3.63, 3.8) is 0 Å². The number of hydrogen-bond acceptors (Lipinski definition) is 3. The first kappa shape index (κ1) is 9.15. The molecule has 1 aliphatic rings. The molecular weight excluding hydrogens is 204 g/mol. The van der Waals surface area contributed by atoms with Crippen molar-refractivity contribution in [3.05, 3.63) is 42.1 Å². The topological polar surface area (TPSA) is 51.2 Å². The number of nitrogens with zero attached hydrogens (tertiary/aromatic N) is 1. The minimum Gasteiger partial charge on any atom is -0.447 e. The molecule has 1 aliphatic heterocycles. The van der Waals surface area contributed by atoms with Crippen molar-refractivity contribution in [2.75, 3.05) is 6.61 Å². The quantitative estimate of drug-likeness (QED) is 0.790. The van der Waals surface area contributed by atoms with Crippen molar-refractivity contribution in [1.29, 1.82) is 0 Å².